The molecule has 12 heteroatoms. The molecule has 190 valence electrons. The van der Waals surface area contributed by atoms with Gasteiger partial charge in [-0.25, -0.2) is 4.98 Å². The number of rotatable bonds is 14. The largest absolute Gasteiger partial charge is 0.370 e. The Morgan fingerprint density at radius 3 is 2.21 bits per heavy atom. The molecule has 0 aliphatic carbocycles. The van der Waals surface area contributed by atoms with Gasteiger partial charge in [0.2, 0.25) is 23.5 Å². The van der Waals surface area contributed by atoms with Crippen LogP contribution in [0.15, 0.2) is 16.6 Å². The number of carbonyl (C=O) groups is 4. The SMILES string of the molecule is CC(=O)N[C@@H](CC(C)C)C(=O)N[C@H](C(=O)N[C@@H](CCCN=C(N)N)C(=O)c1nccs1)C(C)C. The average Bonchev–Trinajstić information content (AvgIpc) is 3.26. The molecule has 1 aromatic rings. The number of nitrogens with two attached hydrogens (primary N) is 2. The molecule has 0 fully saturated rings. The fraction of sp³-hybridized carbons (Fsp3) is 0.636. The molecule has 1 rings (SSSR count). The van der Waals surface area contributed by atoms with Crippen LogP contribution in [0.5, 0.6) is 0 Å². The van der Waals surface area contributed by atoms with Gasteiger partial charge < -0.3 is 27.4 Å². The Hall–Kier alpha value is -3.02. The second-order valence-electron chi connectivity index (χ2n) is 8.82. The van der Waals surface area contributed by atoms with E-state index in [1.807, 2.05) is 13.8 Å². The first-order valence-corrected chi connectivity index (χ1v) is 12.2. The summed E-state index contributed by atoms with van der Waals surface area (Å²) in [5.41, 5.74) is 10.7. The highest BCUT2D eigenvalue weighted by molar-refractivity contribution is 7.11. The van der Waals surface area contributed by atoms with E-state index in [4.69, 9.17) is 11.5 Å². The molecule has 1 aromatic heterocycles. The van der Waals surface area contributed by atoms with Gasteiger partial charge in [0.05, 0.1) is 6.04 Å². The Morgan fingerprint density at radius 1 is 1.03 bits per heavy atom. The van der Waals surface area contributed by atoms with Crippen molar-refractivity contribution in [3.63, 3.8) is 0 Å². The standard InChI is InChI=1S/C22H37N7O4S/c1-12(2)11-16(27-14(5)30)19(32)29-17(13(3)4)20(33)28-15(7-6-8-26-22(23)24)18(31)21-25-9-10-34-21/h9-10,12-13,15-17H,6-8,11H2,1-5H3,(H,27,30)(H,28,33)(H,29,32)(H4,23,24,26)/t15-,16-,17-/m0/s1. The Morgan fingerprint density at radius 2 is 1.71 bits per heavy atom. The highest BCUT2D eigenvalue weighted by atomic mass is 32.1. The van der Waals surface area contributed by atoms with Crippen LogP contribution >= 0.6 is 11.3 Å². The lowest BCUT2D eigenvalue weighted by molar-refractivity contribution is -0.133. The highest BCUT2D eigenvalue weighted by Gasteiger charge is 2.32. The van der Waals surface area contributed by atoms with Gasteiger partial charge in [-0.1, -0.05) is 27.7 Å². The summed E-state index contributed by atoms with van der Waals surface area (Å²) in [5, 5.41) is 10.1. The minimum absolute atomic E-state index is 0.0514. The zero-order valence-corrected chi connectivity index (χ0v) is 21.3. The van der Waals surface area contributed by atoms with Gasteiger partial charge in [-0.3, -0.25) is 24.2 Å². The molecule has 3 amide bonds. The van der Waals surface area contributed by atoms with Crippen LogP contribution in [0.1, 0.15) is 63.7 Å². The van der Waals surface area contributed by atoms with E-state index in [1.165, 1.54) is 24.5 Å². The molecule has 0 aromatic carbocycles. The van der Waals surface area contributed by atoms with Crippen LogP contribution in [0.25, 0.3) is 0 Å². The first-order chi connectivity index (χ1) is 15.9. The van der Waals surface area contributed by atoms with Gasteiger partial charge >= 0.3 is 0 Å². The van der Waals surface area contributed by atoms with E-state index in [9.17, 15) is 19.2 Å². The Kier molecular flexibility index (Phi) is 12.2. The van der Waals surface area contributed by atoms with Crippen molar-refractivity contribution >= 4 is 40.8 Å². The molecule has 7 N–H and O–H groups in total. The van der Waals surface area contributed by atoms with Crippen LogP contribution in [-0.2, 0) is 14.4 Å². The molecular weight excluding hydrogens is 458 g/mol. The number of nitrogens with zero attached hydrogens (tertiary/aromatic N) is 2. The van der Waals surface area contributed by atoms with E-state index in [-0.39, 0.29) is 34.5 Å². The summed E-state index contributed by atoms with van der Waals surface area (Å²) in [6.45, 7) is 9.09. The quantitative estimate of drug-likeness (QED) is 0.108. The van der Waals surface area contributed by atoms with Crippen LogP contribution < -0.4 is 27.4 Å². The zero-order chi connectivity index (χ0) is 25.8. The van der Waals surface area contributed by atoms with Crippen molar-refractivity contribution in [1.29, 1.82) is 0 Å². The molecule has 0 radical (unpaired) electrons. The van der Waals surface area contributed by atoms with Crippen molar-refractivity contribution in [2.24, 2.45) is 28.3 Å². The van der Waals surface area contributed by atoms with E-state index in [1.54, 1.807) is 19.2 Å². The predicted octanol–water partition coefficient (Wildman–Crippen LogP) is 0.556. The van der Waals surface area contributed by atoms with Gasteiger partial charge in [-0.15, -0.1) is 11.3 Å². The molecule has 0 saturated carbocycles. The second-order valence-corrected chi connectivity index (χ2v) is 9.72. The molecule has 0 aliphatic heterocycles. The first-order valence-electron chi connectivity index (χ1n) is 11.3. The van der Waals surface area contributed by atoms with Crippen LogP contribution in [0.4, 0.5) is 0 Å². The van der Waals surface area contributed by atoms with Crippen LogP contribution in [-0.4, -0.2) is 59.1 Å². The van der Waals surface area contributed by atoms with Crippen LogP contribution in [0, 0.1) is 11.8 Å². The third-order valence-corrected chi connectivity index (χ3v) is 5.66. The van der Waals surface area contributed by atoms with Gasteiger partial charge in [-0.05, 0) is 31.1 Å². The van der Waals surface area contributed by atoms with E-state index in [2.05, 4.69) is 25.9 Å². The van der Waals surface area contributed by atoms with Crippen molar-refractivity contribution in [3.05, 3.63) is 16.6 Å². The van der Waals surface area contributed by atoms with Crippen molar-refractivity contribution in [1.82, 2.24) is 20.9 Å². The number of guanidine groups is 1. The summed E-state index contributed by atoms with van der Waals surface area (Å²) in [6.07, 6.45) is 2.69. The third kappa shape index (κ3) is 10.3. The number of nitrogens with one attached hydrogen (secondary N) is 3. The smallest absolute Gasteiger partial charge is 0.243 e. The maximum atomic E-state index is 13.2. The van der Waals surface area contributed by atoms with Crippen molar-refractivity contribution in [2.45, 2.75) is 72.0 Å². The van der Waals surface area contributed by atoms with Gasteiger partial charge in [-0.2, -0.15) is 0 Å². The van der Waals surface area contributed by atoms with E-state index >= 15 is 0 Å². The zero-order valence-electron chi connectivity index (χ0n) is 20.5. The fourth-order valence-electron chi connectivity index (χ4n) is 3.27. The minimum Gasteiger partial charge on any atom is -0.370 e. The molecule has 0 unspecified atom stereocenters. The number of amides is 3. The number of carbonyl (C=O) groups excluding carboxylic acids is 4. The summed E-state index contributed by atoms with van der Waals surface area (Å²) in [4.78, 5) is 58.5. The van der Waals surface area contributed by atoms with Crippen LogP contribution in [0.3, 0.4) is 0 Å². The van der Waals surface area contributed by atoms with E-state index < -0.39 is 29.9 Å². The summed E-state index contributed by atoms with van der Waals surface area (Å²) in [6, 6.07) is -2.52. The normalized spacial score (nSPS) is 13.6. The number of hydrogen-bond donors (Lipinski definition) is 5. The Labute approximate surface area is 204 Å². The molecule has 0 saturated heterocycles. The number of Topliss-reactive ketones (excluding diaryl/α,β-unsaturated/α-hetero) is 1. The van der Waals surface area contributed by atoms with Crippen molar-refractivity contribution < 1.29 is 19.2 Å². The molecule has 0 aliphatic rings. The molecule has 0 spiro atoms. The molecular formula is C22H37N7O4S. The number of hydrogen-bond acceptors (Lipinski definition) is 7. The van der Waals surface area contributed by atoms with Gasteiger partial charge in [0.25, 0.3) is 0 Å². The molecule has 34 heavy (non-hydrogen) atoms. The van der Waals surface area contributed by atoms with Crippen molar-refractivity contribution in [3.8, 4) is 0 Å². The monoisotopic (exact) mass is 495 g/mol. The molecule has 0 bridgehead atoms. The number of aromatic nitrogens is 1. The number of aliphatic imine (C=N–C) groups is 1. The lowest BCUT2D eigenvalue weighted by Crippen LogP contribution is -2.57. The predicted molar refractivity (Wildman–Crippen MR) is 132 cm³/mol. The number of thiazole rings is 1. The highest BCUT2D eigenvalue weighted by Crippen LogP contribution is 2.13. The van der Waals surface area contributed by atoms with Crippen molar-refractivity contribution in [2.75, 3.05) is 6.54 Å². The van der Waals surface area contributed by atoms with Gasteiger partial charge in [0.15, 0.2) is 11.0 Å². The fourth-order valence-corrected chi connectivity index (χ4v) is 3.90. The molecule has 11 nitrogen and oxygen atoms in total. The summed E-state index contributed by atoms with van der Waals surface area (Å²) < 4.78 is 0. The van der Waals surface area contributed by atoms with Crippen LogP contribution in [0.2, 0.25) is 0 Å². The molecule has 3 atom stereocenters. The topological polar surface area (TPSA) is 182 Å². The summed E-state index contributed by atoms with van der Waals surface area (Å²) in [7, 11) is 0. The second kappa shape index (κ2) is 14.3. The van der Waals surface area contributed by atoms with Gasteiger partial charge in [0.1, 0.15) is 12.1 Å². The average molecular weight is 496 g/mol. The minimum atomic E-state index is -0.903. The maximum absolute atomic E-state index is 13.2. The first kappa shape index (κ1) is 29.0. The summed E-state index contributed by atoms with van der Waals surface area (Å²) in [5.74, 6) is -1.76. The van der Waals surface area contributed by atoms with E-state index in [0.29, 0.717) is 25.8 Å². The maximum Gasteiger partial charge on any atom is 0.243 e. The van der Waals surface area contributed by atoms with E-state index in [0.717, 1.165) is 0 Å². The Balaban J connectivity index is 2.99. The lowest BCUT2D eigenvalue weighted by Gasteiger charge is -2.27. The number of ketones is 1. The Bertz CT molecular complexity index is 851. The molecule has 1 heterocycles. The lowest BCUT2D eigenvalue weighted by atomic mass is 9.99. The van der Waals surface area contributed by atoms with Gasteiger partial charge in [0, 0.05) is 25.0 Å². The summed E-state index contributed by atoms with van der Waals surface area (Å²) >= 11 is 1.18. The third-order valence-electron chi connectivity index (χ3n) is 4.87.